The van der Waals surface area contributed by atoms with Crippen molar-refractivity contribution in [3.63, 3.8) is 0 Å². The molecule has 0 aliphatic heterocycles. The van der Waals surface area contributed by atoms with Gasteiger partial charge in [0.15, 0.2) is 11.5 Å². The van der Waals surface area contributed by atoms with Gasteiger partial charge in [-0.25, -0.2) is 8.78 Å². The first-order valence-electron chi connectivity index (χ1n) is 6.74. The van der Waals surface area contributed by atoms with Crippen molar-refractivity contribution in [1.29, 1.82) is 0 Å². The van der Waals surface area contributed by atoms with Gasteiger partial charge in [0.1, 0.15) is 12.6 Å². The normalized spacial score (nSPS) is 20.6. The van der Waals surface area contributed by atoms with Crippen LogP contribution in [-0.4, -0.2) is 26.0 Å². The van der Waals surface area contributed by atoms with Crippen molar-refractivity contribution in [2.24, 2.45) is 0 Å². The highest BCUT2D eigenvalue weighted by Gasteiger charge is 2.46. The van der Waals surface area contributed by atoms with Gasteiger partial charge >= 0.3 is 6.18 Å². The lowest BCUT2D eigenvalue weighted by Crippen LogP contribution is -2.32. The molecule has 2 aromatic rings. The van der Waals surface area contributed by atoms with Crippen LogP contribution in [0.3, 0.4) is 0 Å². The minimum Gasteiger partial charge on any atom is -0.382 e. The second kappa shape index (κ2) is 5.02. The maximum atomic E-state index is 13.6. The van der Waals surface area contributed by atoms with Crippen LogP contribution < -0.4 is 0 Å². The molecule has 1 atom stereocenters. The van der Waals surface area contributed by atoms with Crippen molar-refractivity contribution in [2.75, 3.05) is 0 Å². The number of halogens is 5. The van der Waals surface area contributed by atoms with E-state index in [0.29, 0.717) is 5.69 Å². The van der Waals surface area contributed by atoms with E-state index < -0.39 is 30.3 Å². The number of hydrogen-bond donors (Lipinski definition) is 1. The van der Waals surface area contributed by atoms with Crippen LogP contribution in [0, 0.1) is 6.92 Å². The van der Waals surface area contributed by atoms with Crippen LogP contribution >= 0.6 is 0 Å². The predicted octanol–water partition coefficient (Wildman–Crippen LogP) is 2.86. The zero-order chi connectivity index (χ0) is 17.0. The number of fused-ring (bicyclic) bond motifs is 1. The van der Waals surface area contributed by atoms with E-state index in [2.05, 4.69) is 14.8 Å². The molecule has 0 bridgehead atoms. The van der Waals surface area contributed by atoms with E-state index in [1.165, 1.54) is 11.6 Å². The van der Waals surface area contributed by atoms with Crippen molar-refractivity contribution >= 4 is 0 Å². The van der Waals surface area contributed by atoms with E-state index in [0.717, 1.165) is 6.07 Å². The third-order valence-electron chi connectivity index (χ3n) is 3.81. The Morgan fingerprint density at radius 1 is 1.43 bits per heavy atom. The van der Waals surface area contributed by atoms with E-state index in [-0.39, 0.29) is 30.0 Å². The number of aryl methyl sites for hydroxylation is 1. The molecular weight excluding hydrogens is 325 g/mol. The Morgan fingerprint density at radius 2 is 2.13 bits per heavy atom. The summed E-state index contributed by atoms with van der Waals surface area (Å²) in [5.41, 5.74) is -0.568. The summed E-state index contributed by atoms with van der Waals surface area (Å²) in [6.07, 6.45) is -7.20. The van der Waals surface area contributed by atoms with Crippen molar-refractivity contribution in [3.8, 4) is 0 Å². The Balaban J connectivity index is 1.91. The Hall–Kier alpha value is -1.97. The van der Waals surface area contributed by atoms with Gasteiger partial charge in [-0.2, -0.15) is 18.3 Å². The van der Waals surface area contributed by atoms with Gasteiger partial charge < -0.3 is 9.63 Å². The second-order valence-electron chi connectivity index (χ2n) is 5.44. The van der Waals surface area contributed by atoms with Gasteiger partial charge in [0.25, 0.3) is 5.92 Å². The molecule has 23 heavy (non-hydrogen) atoms. The van der Waals surface area contributed by atoms with Gasteiger partial charge in [0.2, 0.25) is 0 Å². The first-order chi connectivity index (χ1) is 10.6. The van der Waals surface area contributed by atoms with Crippen LogP contribution in [0.4, 0.5) is 22.0 Å². The van der Waals surface area contributed by atoms with Crippen LogP contribution in [0.15, 0.2) is 10.6 Å². The minimum atomic E-state index is -4.63. The van der Waals surface area contributed by atoms with E-state index >= 15 is 0 Å². The maximum absolute atomic E-state index is 13.6. The Morgan fingerprint density at radius 3 is 2.74 bits per heavy atom. The number of rotatable bonds is 2. The number of alkyl halides is 5. The molecule has 1 aliphatic rings. The number of aliphatic hydroxyl groups is 1. The molecule has 10 heteroatoms. The fraction of sp³-hybridized carbons (Fsp3) is 0.538. The lowest BCUT2D eigenvalue weighted by atomic mass is 9.90. The average molecular weight is 337 g/mol. The summed E-state index contributed by atoms with van der Waals surface area (Å²) < 4.78 is 70.5. The van der Waals surface area contributed by atoms with E-state index in [9.17, 15) is 27.1 Å². The summed E-state index contributed by atoms with van der Waals surface area (Å²) >= 11 is 0. The molecule has 1 N–H and O–H groups in total. The summed E-state index contributed by atoms with van der Waals surface area (Å²) in [6, 6.07) is 0.733. The smallest absolute Gasteiger partial charge is 0.382 e. The summed E-state index contributed by atoms with van der Waals surface area (Å²) in [5, 5.41) is 16.7. The van der Waals surface area contributed by atoms with Gasteiger partial charge in [-0.3, -0.25) is 4.68 Å². The van der Waals surface area contributed by atoms with Gasteiger partial charge in [-0.05, 0) is 13.3 Å². The molecule has 0 fully saturated rings. The molecule has 5 nitrogen and oxygen atoms in total. The molecule has 3 rings (SSSR count). The Labute approximate surface area is 126 Å². The molecule has 2 heterocycles. The van der Waals surface area contributed by atoms with E-state index in [1.54, 1.807) is 0 Å². The molecule has 0 saturated heterocycles. The minimum absolute atomic E-state index is 0.0248. The largest absolute Gasteiger partial charge is 0.436 e. The van der Waals surface area contributed by atoms with Crippen LogP contribution in [0.2, 0.25) is 0 Å². The predicted molar refractivity (Wildman–Crippen MR) is 65.8 cm³/mol. The quantitative estimate of drug-likeness (QED) is 0.856. The number of hydrogen-bond acceptors (Lipinski definition) is 4. The fourth-order valence-corrected chi connectivity index (χ4v) is 2.69. The molecule has 0 spiro atoms. The van der Waals surface area contributed by atoms with Crippen LogP contribution in [-0.2, 0) is 19.1 Å². The van der Waals surface area contributed by atoms with Crippen molar-refractivity contribution < 1.29 is 31.6 Å². The van der Waals surface area contributed by atoms with Gasteiger partial charge in [0, 0.05) is 23.7 Å². The Kier molecular flexibility index (Phi) is 3.47. The van der Waals surface area contributed by atoms with E-state index in [1.807, 2.05) is 0 Å². The van der Waals surface area contributed by atoms with Crippen LogP contribution in [0.25, 0.3) is 0 Å². The molecule has 0 amide bonds. The van der Waals surface area contributed by atoms with Gasteiger partial charge in [-0.1, -0.05) is 5.16 Å². The average Bonchev–Trinajstić information content (AvgIpc) is 3.00. The lowest BCUT2D eigenvalue weighted by molar-refractivity contribution is -0.142. The van der Waals surface area contributed by atoms with Crippen molar-refractivity contribution in [3.05, 3.63) is 34.5 Å². The van der Waals surface area contributed by atoms with Crippen molar-refractivity contribution in [2.45, 2.75) is 44.5 Å². The lowest BCUT2D eigenvalue weighted by Gasteiger charge is -2.28. The molecule has 2 aromatic heterocycles. The summed E-state index contributed by atoms with van der Waals surface area (Å²) in [4.78, 5) is 0. The zero-order valence-electron chi connectivity index (χ0n) is 11.9. The SMILES string of the molecule is Cc1nn(Cc2cc(C(F)(F)F)no2)c2c1[C@H](O)C(F)(F)CC2. The Bertz CT molecular complexity index is 735. The third-order valence-corrected chi connectivity index (χ3v) is 3.81. The third kappa shape index (κ3) is 2.71. The first-order valence-corrected chi connectivity index (χ1v) is 6.74. The van der Waals surface area contributed by atoms with E-state index in [4.69, 9.17) is 0 Å². The molecule has 0 aromatic carbocycles. The van der Waals surface area contributed by atoms with Gasteiger partial charge in [-0.15, -0.1) is 0 Å². The standard InChI is InChI=1S/C13H12F5N3O2/c1-6-10-8(2-3-12(14,15)11(10)22)21(19-6)5-7-4-9(20-23-7)13(16,17)18/h4,11,22H,2-3,5H2,1H3/t11-/m0/s1. The van der Waals surface area contributed by atoms with Crippen molar-refractivity contribution in [1.82, 2.24) is 14.9 Å². The summed E-state index contributed by atoms with van der Waals surface area (Å²) in [7, 11) is 0. The zero-order valence-corrected chi connectivity index (χ0v) is 11.9. The number of aliphatic hydroxyl groups excluding tert-OH is 1. The fourth-order valence-electron chi connectivity index (χ4n) is 2.69. The van der Waals surface area contributed by atoms with Gasteiger partial charge in [0.05, 0.1) is 5.69 Å². The number of aromatic nitrogens is 3. The molecule has 126 valence electrons. The van der Waals surface area contributed by atoms with Crippen LogP contribution in [0.5, 0.6) is 0 Å². The highest BCUT2D eigenvalue weighted by molar-refractivity contribution is 5.33. The molecule has 0 radical (unpaired) electrons. The molecule has 0 saturated carbocycles. The number of nitrogens with zero attached hydrogens (tertiary/aromatic N) is 3. The summed E-state index contributed by atoms with van der Waals surface area (Å²) in [6.45, 7) is 1.28. The molecule has 1 aliphatic carbocycles. The topological polar surface area (TPSA) is 64.1 Å². The van der Waals surface area contributed by atoms with Crippen LogP contribution in [0.1, 0.15) is 40.9 Å². The highest BCUT2D eigenvalue weighted by Crippen LogP contribution is 2.42. The molecular formula is C13H12F5N3O2. The highest BCUT2D eigenvalue weighted by atomic mass is 19.4. The molecule has 0 unspecified atom stereocenters. The first kappa shape index (κ1) is 15.9. The monoisotopic (exact) mass is 337 g/mol. The maximum Gasteiger partial charge on any atom is 0.436 e. The summed E-state index contributed by atoms with van der Waals surface area (Å²) in [5.74, 6) is -3.35. The second-order valence-corrected chi connectivity index (χ2v) is 5.44.